The number of nitrogens with zero attached hydrogens (tertiary/aromatic N) is 2. The number of likely N-dealkylation sites (tertiary alicyclic amines) is 1. The molecule has 6 nitrogen and oxygen atoms in total. The van der Waals surface area contributed by atoms with Gasteiger partial charge in [-0.1, -0.05) is 37.3 Å². The van der Waals surface area contributed by atoms with E-state index in [0.717, 1.165) is 25.2 Å². The SMILES string of the molecule is Cc1ccc2c(c1)OC1=CC(NCCN3CCC[C@H](C)C3)=C3C(=O)c4ccccc4C(=O)C3C1=N2. The smallest absolute Gasteiger partial charge is 0.192 e. The number of piperidine rings is 1. The molecule has 0 spiro atoms. The molecule has 6 rings (SSSR count). The number of ketones is 2. The maximum absolute atomic E-state index is 13.7. The number of nitrogens with one attached hydrogen (secondary N) is 1. The summed E-state index contributed by atoms with van der Waals surface area (Å²) in [4.78, 5) is 34.7. The van der Waals surface area contributed by atoms with Crippen LogP contribution < -0.4 is 10.1 Å². The Balaban J connectivity index is 1.39. The molecule has 2 atom stereocenters. The van der Waals surface area contributed by atoms with E-state index >= 15 is 0 Å². The lowest BCUT2D eigenvalue weighted by Gasteiger charge is -2.35. The van der Waals surface area contributed by atoms with Gasteiger partial charge in [0.15, 0.2) is 23.1 Å². The first-order chi connectivity index (χ1) is 17.0. The van der Waals surface area contributed by atoms with Crippen molar-refractivity contribution in [1.29, 1.82) is 0 Å². The van der Waals surface area contributed by atoms with Crippen LogP contribution >= 0.6 is 0 Å². The summed E-state index contributed by atoms with van der Waals surface area (Å²) < 4.78 is 6.26. The second-order valence-electron chi connectivity index (χ2n) is 10.1. The predicted molar refractivity (Wildman–Crippen MR) is 135 cm³/mol. The molecule has 1 fully saturated rings. The van der Waals surface area contributed by atoms with E-state index in [1.165, 1.54) is 12.8 Å². The number of Topliss-reactive ketones (excluding diaryl/α,β-unsaturated/α-hetero) is 2. The summed E-state index contributed by atoms with van der Waals surface area (Å²) in [5.41, 5.74) is 4.31. The number of carbonyl (C=O) groups excluding carboxylic acids is 2. The molecule has 2 aliphatic carbocycles. The lowest BCUT2D eigenvalue weighted by atomic mass is 9.72. The van der Waals surface area contributed by atoms with Crippen LogP contribution in [-0.4, -0.2) is 48.4 Å². The fourth-order valence-corrected chi connectivity index (χ4v) is 5.65. The second kappa shape index (κ2) is 8.61. The molecule has 4 aliphatic rings. The molecule has 2 aromatic carbocycles. The van der Waals surface area contributed by atoms with Crippen LogP contribution in [0.1, 0.15) is 46.0 Å². The Morgan fingerprint density at radius 3 is 2.80 bits per heavy atom. The number of rotatable bonds is 4. The average molecular weight is 468 g/mol. The van der Waals surface area contributed by atoms with Crippen molar-refractivity contribution in [2.45, 2.75) is 26.7 Å². The van der Waals surface area contributed by atoms with E-state index in [-0.39, 0.29) is 11.6 Å². The Hall–Kier alpha value is -3.51. The van der Waals surface area contributed by atoms with Crippen LogP contribution in [0, 0.1) is 18.8 Å². The number of allylic oxidation sites excluding steroid dienone is 3. The molecular weight excluding hydrogens is 438 g/mol. The Morgan fingerprint density at radius 1 is 1.14 bits per heavy atom. The van der Waals surface area contributed by atoms with E-state index in [0.29, 0.717) is 57.8 Å². The highest BCUT2D eigenvalue weighted by molar-refractivity contribution is 6.33. The van der Waals surface area contributed by atoms with Gasteiger partial charge in [0.2, 0.25) is 0 Å². The minimum absolute atomic E-state index is 0.108. The molecule has 0 saturated carbocycles. The molecule has 0 aromatic heterocycles. The molecule has 35 heavy (non-hydrogen) atoms. The van der Waals surface area contributed by atoms with E-state index in [1.807, 2.05) is 31.2 Å². The Kier molecular flexibility index (Phi) is 5.41. The van der Waals surface area contributed by atoms with Crippen LogP contribution in [0.2, 0.25) is 0 Å². The Labute approximate surface area is 205 Å². The van der Waals surface area contributed by atoms with Gasteiger partial charge in [-0.05, 0) is 49.9 Å². The number of hydrogen-bond acceptors (Lipinski definition) is 6. The molecule has 1 saturated heterocycles. The zero-order valence-corrected chi connectivity index (χ0v) is 20.1. The summed E-state index contributed by atoms with van der Waals surface area (Å²) in [6, 6.07) is 12.9. The van der Waals surface area contributed by atoms with Crippen LogP contribution in [0.15, 0.2) is 70.6 Å². The van der Waals surface area contributed by atoms with Gasteiger partial charge in [-0.3, -0.25) is 9.59 Å². The fraction of sp³-hybridized carbons (Fsp3) is 0.345. The maximum Gasteiger partial charge on any atom is 0.192 e. The average Bonchev–Trinajstić information content (AvgIpc) is 2.85. The van der Waals surface area contributed by atoms with Crippen LogP contribution in [0.25, 0.3) is 0 Å². The number of fused-ring (bicyclic) bond motifs is 5. The molecule has 0 amide bonds. The van der Waals surface area contributed by atoms with E-state index in [9.17, 15) is 9.59 Å². The highest BCUT2D eigenvalue weighted by Crippen LogP contribution is 2.43. The Bertz CT molecular complexity index is 1340. The van der Waals surface area contributed by atoms with E-state index < -0.39 is 5.92 Å². The van der Waals surface area contributed by atoms with Gasteiger partial charge in [-0.25, -0.2) is 4.99 Å². The minimum atomic E-state index is -0.774. The van der Waals surface area contributed by atoms with Crippen LogP contribution in [0.4, 0.5) is 5.69 Å². The first kappa shape index (κ1) is 22.0. The molecule has 2 aromatic rings. The highest BCUT2D eigenvalue weighted by Gasteiger charge is 2.46. The summed E-state index contributed by atoms with van der Waals surface area (Å²) in [6.45, 7) is 8.07. The summed E-state index contributed by atoms with van der Waals surface area (Å²) >= 11 is 0. The number of hydrogen-bond donors (Lipinski definition) is 1. The third-order valence-electron chi connectivity index (χ3n) is 7.38. The monoisotopic (exact) mass is 467 g/mol. The third-order valence-corrected chi connectivity index (χ3v) is 7.38. The quantitative estimate of drug-likeness (QED) is 0.710. The topological polar surface area (TPSA) is 71.0 Å². The third kappa shape index (κ3) is 3.82. The number of aliphatic imine (C=N–C) groups is 1. The van der Waals surface area contributed by atoms with E-state index in [2.05, 4.69) is 17.1 Å². The molecule has 1 N–H and O–H groups in total. The lowest BCUT2D eigenvalue weighted by Crippen LogP contribution is -2.43. The van der Waals surface area contributed by atoms with Gasteiger partial charge in [0.25, 0.3) is 0 Å². The second-order valence-corrected chi connectivity index (χ2v) is 10.1. The fourth-order valence-electron chi connectivity index (χ4n) is 5.65. The van der Waals surface area contributed by atoms with E-state index in [4.69, 9.17) is 9.73 Å². The Morgan fingerprint density at radius 2 is 1.97 bits per heavy atom. The van der Waals surface area contributed by atoms with Crippen molar-refractivity contribution in [3.63, 3.8) is 0 Å². The van der Waals surface area contributed by atoms with Crippen molar-refractivity contribution >= 4 is 23.0 Å². The number of carbonyl (C=O) groups is 2. The lowest BCUT2D eigenvalue weighted by molar-refractivity contribution is 0.0908. The van der Waals surface area contributed by atoms with Gasteiger partial charge in [0, 0.05) is 48.1 Å². The standard InChI is InChI=1S/C29H29N3O3/c1-17-9-10-21-23(14-17)35-24-15-22(30-11-13-32-12-5-6-18(2)16-32)25-26(27(24)31-21)29(34)20-8-4-3-7-19(20)28(25)33/h3-4,7-10,14-15,18,26,30H,5-6,11-13,16H2,1-2H3/t18-,26?/m0/s1. The van der Waals surface area contributed by atoms with Crippen LogP contribution in [0.5, 0.6) is 5.75 Å². The molecule has 2 aliphatic heterocycles. The van der Waals surface area contributed by atoms with Crippen molar-refractivity contribution in [2.75, 3.05) is 26.2 Å². The van der Waals surface area contributed by atoms with Crippen LogP contribution in [0.3, 0.4) is 0 Å². The number of benzene rings is 2. The zero-order valence-electron chi connectivity index (χ0n) is 20.1. The van der Waals surface area contributed by atoms with Crippen molar-refractivity contribution in [3.05, 3.63) is 82.3 Å². The molecule has 6 heteroatoms. The van der Waals surface area contributed by atoms with Crippen molar-refractivity contribution < 1.29 is 14.3 Å². The highest BCUT2D eigenvalue weighted by atomic mass is 16.5. The van der Waals surface area contributed by atoms with Crippen LogP contribution in [-0.2, 0) is 0 Å². The maximum atomic E-state index is 13.7. The van der Waals surface area contributed by atoms with Gasteiger partial charge in [0.05, 0.1) is 11.6 Å². The minimum Gasteiger partial charge on any atom is -0.453 e. The van der Waals surface area contributed by atoms with Gasteiger partial charge in [0.1, 0.15) is 5.69 Å². The number of ether oxygens (including phenoxy) is 1. The summed E-state index contributed by atoms with van der Waals surface area (Å²) in [6.07, 6.45) is 4.36. The van der Waals surface area contributed by atoms with Gasteiger partial charge >= 0.3 is 0 Å². The van der Waals surface area contributed by atoms with Crippen molar-refractivity contribution in [2.24, 2.45) is 16.8 Å². The largest absolute Gasteiger partial charge is 0.453 e. The van der Waals surface area contributed by atoms with Gasteiger partial charge in [-0.15, -0.1) is 0 Å². The van der Waals surface area contributed by atoms with Gasteiger partial charge in [-0.2, -0.15) is 0 Å². The summed E-state index contributed by atoms with van der Waals surface area (Å²) in [7, 11) is 0. The zero-order chi connectivity index (χ0) is 24.1. The number of aryl methyl sites for hydroxylation is 1. The molecule has 2 heterocycles. The predicted octanol–water partition coefficient (Wildman–Crippen LogP) is 4.63. The molecule has 1 unspecified atom stereocenters. The van der Waals surface area contributed by atoms with Crippen molar-refractivity contribution in [3.8, 4) is 5.75 Å². The first-order valence-electron chi connectivity index (χ1n) is 12.5. The summed E-state index contributed by atoms with van der Waals surface area (Å²) in [5, 5.41) is 3.49. The molecule has 0 bridgehead atoms. The molecule has 0 radical (unpaired) electrons. The molecular formula is C29H29N3O3. The van der Waals surface area contributed by atoms with Crippen molar-refractivity contribution in [1.82, 2.24) is 10.2 Å². The summed E-state index contributed by atoms with van der Waals surface area (Å²) in [5.74, 6) is 0.907. The first-order valence-corrected chi connectivity index (χ1v) is 12.5. The normalized spacial score (nSPS) is 23.4. The van der Waals surface area contributed by atoms with Gasteiger partial charge < -0.3 is 15.0 Å². The van der Waals surface area contributed by atoms with E-state index in [1.54, 1.807) is 24.3 Å². The molecule has 178 valence electrons.